The largest absolute Gasteiger partial charge is 0.493 e. The van der Waals surface area contributed by atoms with Crippen molar-refractivity contribution in [3.8, 4) is 17.2 Å². The normalized spacial score (nSPS) is 22.3. The lowest BCUT2D eigenvalue weighted by molar-refractivity contribution is -0.0425. The Morgan fingerprint density at radius 2 is 1.55 bits per heavy atom. The first-order valence-electron chi connectivity index (χ1n) is 12.5. The predicted octanol–water partition coefficient (Wildman–Crippen LogP) is 4.52. The maximum Gasteiger partial charge on any atom is 0.162 e. The molecule has 9 nitrogen and oxygen atoms in total. The van der Waals surface area contributed by atoms with E-state index in [1.165, 1.54) is 6.33 Å². The van der Waals surface area contributed by atoms with Crippen molar-refractivity contribution in [2.45, 2.75) is 31.0 Å². The standard InChI is InChI=1S/C29H29N3O6/c1-33-23-12-21-22(13-24(23)34-2)30-17-31-29(21)32-19-8-10-20(11-9-19)38-26-16-37-27-25(15-36-28(26)27)35-14-18-6-4-3-5-7-18/h3-13,17,25-28H,14-16H2,1-2H3,(H,30,31,32)/t25-,26?,27+,28+/m0/s1. The third-order valence-electron chi connectivity index (χ3n) is 6.81. The average Bonchev–Trinajstić information content (AvgIpc) is 3.55. The summed E-state index contributed by atoms with van der Waals surface area (Å²) in [6.45, 7) is 1.48. The highest BCUT2D eigenvalue weighted by Gasteiger charge is 2.49. The van der Waals surface area contributed by atoms with E-state index in [2.05, 4.69) is 27.4 Å². The predicted molar refractivity (Wildman–Crippen MR) is 141 cm³/mol. The summed E-state index contributed by atoms with van der Waals surface area (Å²) in [4.78, 5) is 8.78. The molecule has 9 heteroatoms. The van der Waals surface area contributed by atoms with Crippen molar-refractivity contribution in [2.75, 3.05) is 32.8 Å². The van der Waals surface area contributed by atoms with Crippen LogP contribution >= 0.6 is 0 Å². The Morgan fingerprint density at radius 1 is 0.842 bits per heavy atom. The first-order valence-corrected chi connectivity index (χ1v) is 12.5. The molecule has 3 heterocycles. The number of aromatic nitrogens is 2. The lowest BCUT2D eigenvalue weighted by Crippen LogP contribution is -2.35. The zero-order chi connectivity index (χ0) is 25.9. The van der Waals surface area contributed by atoms with Crippen molar-refractivity contribution < 1.29 is 28.4 Å². The second kappa shape index (κ2) is 10.8. The van der Waals surface area contributed by atoms with Gasteiger partial charge >= 0.3 is 0 Å². The van der Waals surface area contributed by atoms with Crippen molar-refractivity contribution in [2.24, 2.45) is 0 Å². The van der Waals surface area contributed by atoms with Gasteiger partial charge in [0.1, 0.15) is 36.2 Å². The van der Waals surface area contributed by atoms with Gasteiger partial charge in [-0.05, 0) is 35.9 Å². The van der Waals surface area contributed by atoms with Crippen LogP contribution in [0.3, 0.4) is 0 Å². The van der Waals surface area contributed by atoms with Gasteiger partial charge in [0.15, 0.2) is 17.6 Å². The molecule has 4 aromatic rings. The van der Waals surface area contributed by atoms with Gasteiger partial charge in [-0.25, -0.2) is 9.97 Å². The minimum absolute atomic E-state index is 0.110. The quantitative estimate of drug-likeness (QED) is 0.345. The van der Waals surface area contributed by atoms with Crippen LogP contribution in [-0.4, -0.2) is 61.8 Å². The molecular formula is C29H29N3O6. The van der Waals surface area contributed by atoms with E-state index in [0.29, 0.717) is 37.1 Å². The topological polar surface area (TPSA) is 93.2 Å². The minimum Gasteiger partial charge on any atom is -0.493 e. The highest BCUT2D eigenvalue weighted by Crippen LogP contribution is 2.35. The molecule has 4 atom stereocenters. The third kappa shape index (κ3) is 4.96. The molecule has 0 radical (unpaired) electrons. The molecule has 0 aliphatic carbocycles. The summed E-state index contributed by atoms with van der Waals surface area (Å²) < 4.78 is 35.2. The second-order valence-corrected chi connectivity index (χ2v) is 9.18. The van der Waals surface area contributed by atoms with Gasteiger partial charge in [0.2, 0.25) is 0 Å². The van der Waals surface area contributed by atoms with Gasteiger partial charge in [-0.1, -0.05) is 30.3 Å². The van der Waals surface area contributed by atoms with Crippen LogP contribution in [0.1, 0.15) is 5.56 Å². The molecule has 6 rings (SSSR count). The van der Waals surface area contributed by atoms with Crippen molar-refractivity contribution in [1.82, 2.24) is 9.97 Å². The zero-order valence-electron chi connectivity index (χ0n) is 21.2. The summed E-state index contributed by atoms with van der Waals surface area (Å²) >= 11 is 0. The first kappa shape index (κ1) is 24.4. The number of benzene rings is 3. The summed E-state index contributed by atoms with van der Waals surface area (Å²) in [6.07, 6.45) is 0.918. The molecule has 2 saturated heterocycles. The highest BCUT2D eigenvalue weighted by atomic mass is 16.6. The number of ether oxygens (including phenoxy) is 6. The fraction of sp³-hybridized carbons (Fsp3) is 0.310. The van der Waals surface area contributed by atoms with E-state index in [1.807, 2.05) is 54.6 Å². The Bertz CT molecular complexity index is 1380. The number of hydrogen-bond acceptors (Lipinski definition) is 9. The van der Waals surface area contributed by atoms with Gasteiger partial charge in [-0.3, -0.25) is 0 Å². The molecule has 2 fully saturated rings. The molecule has 1 aromatic heterocycles. The Labute approximate surface area is 220 Å². The molecule has 2 aliphatic rings. The molecule has 38 heavy (non-hydrogen) atoms. The Kier molecular flexibility index (Phi) is 6.96. The first-order chi connectivity index (χ1) is 18.7. The molecule has 1 unspecified atom stereocenters. The molecule has 2 aliphatic heterocycles. The number of fused-ring (bicyclic) bond motifs is 2. The van der Waals surface area contributed by atoms with Crippen LogP contribution in [0.15, 0.2) is 73.1 Å². The van der Waals surface area contributed by atoms with Crippen LogP contribution in [-0.2, 0) is 20.8 Å². The fourth-order valence-electron chi connectivity index (χ4n) is 4.86. The van der Waals surface area contributed by atoms with E-state index in [0.717, 1.165) is 27.9 Å². The summed E-state index contributed by atoms with van der Waals surface area (Å²) in [5, 5.41) is 4.18. The smallest absolute Gasteiger partial charge is 0.162 e. The van der Waals surface area contributed by atoms with Gasteiger partial charge in [0, 0.05) is 17.1 Å². The number of rotatable bonds is 9. The Morgan fingerprint density at radius 3 is 2.32 bits per heavy atom. The van der Waals surface area contributed by atoms with Crippen molar-refractivity contribution in [1.29, 1.82) is 0 Å². The average molecular weight is 516 g/mol. The lowest BCUT2D eigenvalue weighted by Gasteiger charge is -2.18. The van der Waals surface area contributed by atoms with Crippen molar-refractivity contribution in [3.05, 3.63) is 78.6 Å². The molecule has 0 spiro atoms. The Balaban J connectivity index is 1.09. The number of hydrogen-bond donors (Lipinski definition) is 1. The SMILES string of the molecule is COc1cc2ncnc(Nc3ccc(OC4CO[C@@H]5[C@@H](OCc6ccccc6)CO[C@H]45)cc3)c2cc1OC. The van der Waals surface area contributed by atoms with E-state index in [9.17, 15) is 0 Å². The van der Waals surface area contributed by atoms with Crippen LogP contribution in [0.4, 0.5) is 11.5 Å². The third-order valence-corrected chi connectivity index (χ3v) is 6.81. The molecule has 3 aromatic carbocycles. The van der Waals surface area contributed by atoms with Gasteiger partial charge in [-0.15, -0.1) is 0 Å². The molecule has 0 saturated carbocycles. The van der Waals surface area contributed by atoms with Crippen molar-refractivity contribution in [3.63, 3.8) is 0 Å². The molecule has 0 bridgehead atoms. The molecule has 0 amide bonds. The number of nitrogens with one attached hydrogen (secondary N) is 1. The van der Waals surface area contributed by atoms with E-state index < -0.39 is 0 Å². The maximum absolute atomic E-state index is 6.24. The molecular weight excluding hydrogens is 486 g/mol. The van der Waals surface area contributed by atoms with Crippen LogP contribution in [0.25, 0.3) is 10.9 Å². The lowest BCUT2D eigenvalue weighted by atomic mass is 10.1. The zero-order valence-corrected chi connectivity index (χ0v) is 21.2. The van der Waals surface area contributed by atoms with E-state index >= 15 is 0 Å². The van der Waals surface area contributed by atoms with Crippen LogP contribution in [0, 0.1) is 0 Å². The summed E-state index contributed by atoms with van der Waals surface area (Å²) in [7, 11) is 3.20. The monoisotopic (exact) mass is 515 g/mol. The molecule has 1 N–H and O–H groups in total. The van der Waals surface area contributed by atoms with Crippen molar-refractivity contribution >= 4 is 22.4 Å². The van der Waals surface area contributed by atoms with Gasteiger partial charge < -0.3 is 33.7 Å². The fourth-order valence-corrected chi connectivity index (χ4v) is 4.86. The minimum atomic E-state index is -0.197. The van der Waals surface area contributed by atoms with E-state index in [4.69, 9.17) is 28.4 Å². The van der Waals surface area contributed by atoms with Gasteiger partial charge in [0.25, 0.3) is 0 Å². The van der Waals surface area contributed by atoms with Crippen LogP contribution in [0.2, 0.25) is 0 Å². The number of nitrogens with zero attached hydrogens (tertiary/aromatic N) is 2. The van der Waals surface area contributed by atoms with E-state index in [-0.39, 0.29) is 24.4 Å². The maximum atomic E-state index is 6.24. The van der Waals surface area contributed by atoms with Crippen LogP contribution in [0.5, 0.6) is 17.2 Å². The van der Waals surface area contributed by atoms with Crippen LogP contribution < -0.4 is 19.5 Å². The van der Waals surface area contributed by atoms with Gasteiger partial charge in [-0.2, -0.15) is 0 Å². The van der Waals surface area contributed by atoms with Gasteiger partial charge in [0.05, 0.1) is 39.6 Å². The second-order valence-electron chi connectivity index (χ2n) is 9.18. The highest BCUT2D eigenvalue weighted by molar-refractivity contribution is 5.93. The molecule has 196 valence electrons. The Hall–Kier alpha value is -3.92. The number of anilines is 2. The number of methoxy groups -OCH3 is 2. The van der Waals surface area contributed by atoms with E-state index in [1.54, 1.807) is 14.2 Å². The summed E-state index contributed by atoms with van der Waals surface area (Å²) in [5.41, 5.74) is 2.74. The summed E-state index contributed by atoms with van der Waals surface area (Å²) in [5.74, 6) is 2.63. The summed E-state index contributed by atoms with van der Waals surface area (Å²) in [6, 6.07) is 21.5.